The Bertz CT molecular complexity index is 889. The van der Waals surface area contributed by atoms with Crippen LogP contribution in [0.2, 0.25) is 0 Å². The fraction of sp³-hybridized carbons (Fsp3) is 0.391. The summed E-state index contributed by atoms with van der Waals surface area (Å²) in [6.45, 7) is 7.62. The molecule has 0 aliphatic carbocycles. The van der Waals surface area contributed by atoms with Gasteiger partial charge >= 0.3 is 5.97 Å². The van der Waals surface area contributed by atoms with Gasteiger partial charge in [-0.05, 0) is 39.3 Å². The molecule has 2 aromatic carbocycles. The van der Waals surface area contributed by atoms with Gasteiger partial charge in [-0.25, -0.2) is 4.79 Å². The molecular weight excluding hydrogens is 370 g/mol. The smallest absolute Gasteiger partial charge is 0.344 e. The van der Waals surface area contributed by atoms with Crippen LogP contribution in [-0.4, -0.2) is 30.2 Å². The van der Waals surface area contributed by atoms with E-state index >= 15 is 0 Å². The summed E-state index contributed by atoms with van der Waals surface area (Å²) in [4.78, 5) is 24.3. The van der Waals surface area contributed by atoms with Crippen LogP contribution in [0.1, 0.15) is 37.5 Å². The van der Waals surface area contributed by atoms with E-state index in [-0.39, 0.29) is 18.1 Å². The highest BCUT2D eigenvalue weighted by Gasteiger charge is 2.32. The van der Waals surface area contributed by atoms with Gasteiger partial charge in [0.05, 0.1) is 0 Å². The quantitative estimate of drug-likeness (QED) is 0.726. The first-order valence-corrected chi connectivity index (χ1v) is 9.70. The molecule has 154 valence electrons. The lowest BCUT2D eigenvalue weighted by atomic mass is 10.0. The van der Waals surface area contributed by atoms with Gasteiger partial charge in [-0.3, -0.25) is 4.79 Å². The summed E-state index contributed by atoms with van der Waals surface area (Å²) in [7, 11) is 0. The predicted octanol–water partition coefficient (Wildman–Crippen LogP) is 3.34. The first kappa shape index (κ1) is 20.7. The van der Waals surface area contributed by atoms with Crippen LogP contribution in [0.3, 0.4) is 0 Å². The lowest BCUT2D eigenvalue weighted by molar-refractivity contribution is -0.156. The number of para-hydroxylation sites is 1. The topological polar surface area (TPSA) is 73.9 Å². The van der Waals surface area contributed by atoms with Gasteiger partial charge in [0.25, 0.3) is 5.91 Å². The van der Waals surface area contributed by atoms with Crippen molar-refractivity contribution in [2.75, 3.05) is 6.61 Å². The molecule has 1 aliphatic rings. The second-order valence-corrected chi connectivity index (χ2v) is 7.91. The molecule has 3 rings (SSSR count). The van der Waals surface area contributed by atoms with Crippen molar-refractivity contribution < 1.29 is 23.8 Å². The lowest BCUT2D eigenvalue weighted by Crippen LogP contribution is -2.36. The number of benzene rings is 2. The summed E-state index contributed by atoms with van der Waals surface area (Å²) >= 11 is 0. The Hall–Kier alpha value is -3.02. The first-order chi connectivity index (χ1) is 13.7. The number of nitrogens with one attached hydrogen (secondary N) is 1. The summed E-state index contributed by atoms with van der Waals surface area (Å²) < 4.78 is 16.7. The minimum absolute atomic E-state index is 0.296. The highest BCUT2D eigenvalue weighted by Crippen LogP contribution is 2.41. The average Bonchev–Trinajstić information content (AvgIpc) is 3.00. The highest BCUT2D eigenvalue weighted by molar-refractivity contribution is 5.83. The number of amides is 1. The number of carbonyl (C=O) groups excluding carboxylic acids is 2. The van der Waals surface area contributed by atoms with E-state index in [1.807, 2.05) is 57.2 Å². The monoisotopic (exact) mass is 397 g/mol. The molecule has 6 nitrogen and oxygen atoms in total. The van der Waals surface area contributed by atoms with Gasteiger partial charge in [-0.1, -0.05) is 42.0 Å². The number of fused-ring (bicyclic) bond motifs is 1. The number of hydrogen-bond donors (Lipinski definition) is 1. The van der Waals surface area contributed by atoms with Crippen molar-refractivity contribution in [3.63, 3.8) is 0 Å². The minimum atomic E-state index is -0.909. The van der Waals surface area contributed by atoms with Gasteiger partial charge in [0.1, 0.15) is 5.60 Å². The van der Waals surface area contributed by atoms with Crippen molar-refractivity contribution in [3.05, 3.63) is 59.2 Å². The zero-order valence-corrected chi connectivity index (χ0v) is 17.3. The average molecular weight is 397 g/mol. The Morgan fingerprint density at radius 3 is 2.62 bits per heavy atom. The summed E-state index contributed by atoms with van der Waals surface area (Å²) in [5, 5.41) is 2.76. The third kappa shape index (κ3) is 5.50. The zero-order chi connectivity index (χ0) is 21.0. The minimum Gasteiger partial charge on any atom is -0.483 e. The molecule has 1 atom stereocenters. The molecule has 0 fully saturated rings. The Morgan fingerprint density at radius 1 is 1.17 bits per heavy atom. The fourth-order valence-electron chi connectivity index (χ4n) is 3.16. The molecule has 1 N–H and O–H groups in total. The maximum absolute atomic E-state index is 12.2. The standard InChI is InChI=1S/C23H27NO5/c1-15-8-10-17(11-9-15)13-24-22(26)16(2)28-20(25)14-27-19-7-5-6-18-12-23(3,4)29-21(18)19/h5-11,16H,12-14H2,1-4H3,(H,24,26). The van der Waals surface area contributed by atoms with Crippen LogP contribution in [0.4, 0.5) is 0 Å². The maximum atomic E-state index is 12.2. The van der Waals surface area contributed by atoms with E-state index in [1.54, 1.807) is 6.07 Å². The van der Waals surface area contributed by atoms with Gasteiger partial charge in [0, 0.05) is 18.5 Å². The molecule has 1 amide bonds. The third-order valence-electron chi connectivity index (χ3n) is 4.67. The molecule has 0 aromatic heterocycles. The van der Waals surface area contributed by atoms with Crippen LogP contribution in [-0.2, 0) is 27.3 Å². The van der Waals surface area contributed by atoms with Crippen LogP contribution < -0.4 is 14.8 Å². The summed E-state index contributed by atoms with van der Waals surface area (Å²) in [5.74, 6) is 0.193. The summed E-state index contributed by atoms with van der Waals surface area (Å²) in [5.41, 5.74) is 2.88. The first-order valence-electron chi connectivity index (χ1n) is 9.70. The van der Waals surface area contributed by atoms with Crippen LogP contribution >= 0.6 is 0 Å². The Balaban J connectivity index is 1.46. The molecule has 1 unspecified atom stereocenters. The molecule has 0 spiro atoms. The molecule has 2 aromatic rings. The lowest BCUT2D eigenvalue weighted by Gasteiger charge is -2.18. The fourth-order valence-corrected chi connectivity index (χ4v) is 3.16. The van der Waals surface area contributed by atoms with Crippen molar-refractivity contribution in [2.24, 2.45) is 0 Å². The Labute approximate surface area is 171 Å². The summed E-state index contributed by atoms with van der Waals surface area (Å²) in [6, 6.07) is 13.5. The molecule has 0 saturated carbocycles. The number of hydrogen-bond acceptors (Lipinski definition) is 5. The molecule has 29 heavy (non-hydrogen) atoms. The summed E-state index contributed by atoms with van der Waals surface area (Å²) in [6.07, 6.45) is -0.129. The number of aryl methyl sites for hydroxylation is 1. The molecule has 1 aliphatic heterocycles. The molecule has 0 saturated heterocycles. The zero-order valence-electron chi connectivity index (χ0n) is 17.3. The van der Waals surface area contributed by atoms with Crippen LogP contribution in [0, 0.1) is 6.92 Å². The van der Waals surface area contributed by atoms with Gasteiger partial charge in [0.15, 0.2) is 24.2 Å². The van der Waals surface area contributed by atoms with E-state index in [2.05, 4.69) is 5.32 Å². The van der Waals surface area contributed by atoms with Crippen LogP contribution in [0.15, 0.2) is 42.5 Å². The van der Waals surface area contributed by atoms with Crippen molar-refractivity contribution in [3.8, 4) is 11.5 Å². The van der Waals surface area contributed by atoms with E-state index in [0.29, 0.717) is 18.0 Å². The van der Waals surface area contributed by atoms with Crippen LogP contribution in [0.5, 0.6) is 11.5 Å². The molecule has 6 heteroatoms. The van der Waals surface area contributed by atoms with Crippen LogP contribution in [0.25, 0.3) is 0 Å². The van der Waals surface area contributed by atoms with Gasteiger partial charge < -0.3 is 19.5 Å². The van der Waals surface area contributed by atoms with Crippen molar-refractivity contribution in [1.29, 1.82) is 0 Å². The van der Waals surface area contributed by atoms with E-state index in [0.717, 1.165) is 23.1 Å². The number of esters is 1. The van der Waals surface area contributed by atoms with E-state index < -0.39 is 12.1 Å². The molecular formula is C23H27NO5. The third-order valence-corrected chi connectivity index (χ3v) is 4.67. The highest BCUT2D eigenvalue weighted by atomic mass is 16.6. The second-order valence-electron chi connectivity index (χ2n) is 7.91. The van der Waals surface area contributed by atoms with Gasteiger partial charge in [0.2, 0.25) is 0 Å². The molecule has 1 heterocycles. The molecule has 0 radical (unpaired) electrons. The van der Waals surface area contributed by atoms with E-state index in [9.17, 15) is 9.59 Å². The second kappa shape index (κ2) is 8.55. The van der Waals surface area contributed by atoms with E-state index in [1.165, 1.54) is 6.92 Å². The van der Waals surface area contributed by atoms with Crippen molar-refractivity contribution in [2.45, 2.75) is 52.4 Å². The van der Waals surface area contributed by atoms with Crippen molar-refractivity contribution >= 4 is 11.9 Å². The van der Waals surface area contributed by atoms with Gasteiger partial charge in [-0.15, -0.1) is 0 Å². The SMILES string of the molecule is Cc1ccc(CNC(=O)C(C)OC(=O)COc2cccc3c2OC(C)(C)C3)cc1. The van der Waals surface area contributed by atoms with Gasteiger partial charge in [-0.2, -0.15) is 0 Å². The largest absolute Gasteiger partial charge is 0.483 e. The molecule has 0 bridgehead atoms. The van der Waals surface area contributed by atoms with Crippen molar-refractivity contribution in [1.82, 2.24) is 5.32 Å². The predicted molar refractivity (Wildman–Crippen MR) is 109 cm³/mol. The number of rotatable bonds is 7. The van der Waals surface area contributed by atoms with E-state index in [4.69, 9.17) is 14.2 Å². The Morgan fingerprint density at radius 2 is 1.90 bits per heavy atom. The number of ether oxygens (including phenoxy) is 3. The maximum Gasteiger partial charge on any atom is 0.344 e. The Kier molecular flexibility index (Phi) is 6.11. The normalized spacial score (nSPS) is 15.0. The number of carbonyl (C=O) groups is 2.